The van der Waals surface area contributed by atoms with E-state index in [0.29, 0.717) is 5.75 Å². The molecule has 0 aliphatic heterocycles. The Morgan fingerprint density at radius 3 is 2.17 bits per heavy atom. The van der Waals surface area contributed by atoms with Crippen molar-refractivity contribution in [3.63, 3.8) is 0 Å². The maximum atomic E-state index is 12.6. The molecule has 3 aromatic carbocycles. The SMILES string of the molecule is COc1cc2ccccc2cc1C(=O)OCC(=O)Nc1ccc(C(F)(F)F)cc1. The van der Waals surface area contributed by atoms with Gasteiger partial charge < -0.3 is 14.8 Å². The second-order valence-corrected chi connectivity index (χ2v) is 6.10. The van der Waals surface area contributed by atoms with Gasteiger partial charge in [0, 0.05) is 5.69 Å². The third-order valence-corrected chi connectivity index (χ3v) is 4.12. The van der Waals surface area contributed by atoms with Crippen molar-refractivity contribution in [3.05, 3.63) is 71.8 Å². The molecular formula is C21H16F3NO4. The minimum Gasteiger partial charge on any atom is -0.496 e. The number of hydrogen-bond donors (Lipinski definition) is 1. The molecule has 0 saturated heterocycles. The Bertz CT molecular complexity index is 1050. The first-order valence-electron chi connectivity index (χ1n) is 8.49. The summed E-state index contributed by atoms with van der Waals surface area (Å²) in [6.07, 6.45) is -4.46. The van der Waals surface area contributed by atoms with Gasteiger partial charge in [0.1, 0.15) is 11.3 Å². The summed E-state index contributed by atoms with van der Waals surface area (Å²) in [5.74, 6) is -1.13. The Balaban J connectivity index is 1.64. The highest BCUT2D eigenvalue weighted by atomic mass is 19.4. The third kappa shape index (κ3) is 4.84. The number of hydrogen-bond acceptors (Lipinski definition) is 4. The third-order valence-electron chi connectivity index (χ3n) is 4.12. The van der Waals surface area contributed by atoms with Crippen LogP contribution in [0.1, 0.15) is 15.9 Å². The summed E-state index contributed by atoms with van der Waals surface area (Å²) < 4.78 is 47.9. The van der Waals surface area contributed by atoms with Crippen molar-refractivity contribution in [3.8, 4) is 5.75 Å². The molecule has 8 heteroatoms. The molecular weight excluding hydrogens is 387 g/mol. The lowest BCUT2D eigenvalue weighted by molar-refractivity contribution is -0.137. The molecule has 0 atom stereocenters. The van der Waals surface area contributed by atoms with Crippen molar-refractivity contribution >= 4 is 28.3 Å². The van der Waals surface area contributed by atoms with Crippen LogP contribution < -0.4 is 10.1 Å². The highest BCUT2D eigenvalue weighted by Crippen LogP contribution is 2.30. The molecule has 0 aliphatic carbocycles. The molecule has 0 unspecified atom stereocenters. The van der Waals surface area contributed by atoms with Crippen molar-refractivity contribution in [2.45, 2.75) is 6.18 Å². The fourth-order valence-electron chi connectivity index (χ4n) is 2.70. The van der Waals surface area contributed by atoms with Crippen molar-refractivity contribution < 1.29 is 32.2 Å². The van der Waals surface area contributed by atoms with Crippen LogP contribution >= 0.6 is 0 Å². The summed E-state index contributed by atoms with van der Waals surface area (Å²) in [6.45, 7) is -0.601. The molecule has 0 bridgehead atoms. The van der Waals surface area contributed by atoms with Crippen molar-refractivity contribution in [1.29, 1.82) is 0 Å². The molecule has 3 rings (SSSR count). The highest BCUT2D eigenvalue weighted by Gasteiger charge is 2.30. The highest BCUT2D eigenvalue weighted by molar-refractivity contribution is 6.00. The van der Waals surface area contributed by atoms with Crippen LogP contribution in [0.15, 0.2) is 60.7 Å². The number of carbonyl (C=O) groups excluding carboxylic acids is 2. The number of fused-ring (bicyclic) bond motifs is 1. The molecule has 0 radical (unpaired) electrons. The van der Waals surface area contributed by atoms with E-state index in [1.165, 1.54) is 7.11 Å². The number of esters is 1. The fraction of sp³-hybridized carbons (Fsp3) is 0.143. The van der Waals surface area contributed by atoms with Crippen LogP contribution in [0.5, 0.6) is 5.75 Å². The molecule has 3 aromatic rings. The van der Waals surface area contributed by atoms with E-state index >= 15 is 0 Å². The molecule has 0 heterocycles. The lowest BCUT2D eigenvalue weighted by atomic mass is 10.1. The zero-order valence-corrected chi connectivity index (χ0v) is 15.2. The molecule has 5 nitrogen and oxygen atoms in total. The fourth-order valence-corrected chi connectivity index (χ4v) is 2.70. The van der Waals surface area contributed by atoms with Crippen molar-refractivity contribution in [2.75, 3.05) is 19.0 Å². The largest absolute Gasteiger partial charge is 0.496 e. The van der Waals surface area contributed by atoms with Gasteiger partial charge in [0.25, 0.3) is 5.91 Å². The summed E-state index contributed by atoms with van der Waals surface area (Å²) in [6, 6.07) is 14.6. The maximum absolute atomic E-state index is 12.6. The first-order valence-corrected chi connectivity index (χ1v) is 8.49. The quantitative estimate of drug-likeness (QED) is 0.630. The second kappa shape index (κ2) is 8.22. The van der Waals surface area contributed by atoms with E-state index in [-0.39, 0.29) is 11.3 Å². The Morgan fingerprint density at radius 1 is 0.966 bits per heavy atom. The molecule has 0 spiro atoms. The number of amides is 1. The first-order chi connectivity index (χ1) is 13.8. The topological polar surface area (TPSA) is 64.6 Å². The molecule has 150 valence electrons. The van der Waals surface area contributed by atoms with Crippen LogP contribution in [0.4, 0.5) is 18.9 Å². The second-order valence-electron chi connectivity index (χ2n) is 6.10. The van der Waals surface area contributed by atoms with Gasteiger partial charge in [-0.05, 0) is 47.2 Å². The molecule has 0 fully saturated rings. The smallest absolute Gasteiger partial charge is 0.416 e. The number of benzene rings is 3. The van der Waals surface area contributed by atoms with Gasteiger partial charge in [-0.3, -0.25) is 4.79 Å². The average molecular weight is 403 g/mol. The predicted molar refractivity (Wildman–Crippen MR) is 101 cm³/mol. The number of carbonyl (C=O) groups is 2. The van der Waals surface area contributed by atoms with Crippen LogP contribution in [0, 0.1) is 0 Å². The monoisotopic (exact) mass is 403 g/mol. The van der Waals surface area contributed by atoms with Gasteiger partial charge >= 0.3 is 12.1 Å². The van der Waals surface area contributed by atoms with Crippen LogP contribution in [0.25, 0.3) is 10.8 Å². The Kier molecular flexibility index (Phi) is 5.72. The number of anilines is 1. The minimum atomic E-state index is -4.46. The average Bonchev–Trinajstić information content (AvgIpc) is 2.70. The van der Waals surface area contributed by atoms with E-state index in [1.54, 1.807) is 12.1 Å². The van der Waals surface area contributed by atoms with E-state index in [2.05, 4.69) is 5.32 Å². The van der Waals surface area contributed by atoms with Gasteiger partial charge in [-0.1, -0.05) is 24.3 Å². The van der Waals surface area contributed by atoms with Crippen LogP contribution in [-0.4, -0.2) is 25.6 Å². The van der Waals surface area contributed by atoms with Crippen LogP contribution in [-0.2, 0) is 15.7 Å². The lowest BCUT2D eigenvalue weighted by Gasteiger charge is -2.11. The van der Waals surface area contributed by atoms with E-state index in [1.807, 2.05) is 24.3 Å². The molecule has 29 heavy (non-hydrogen) atoms. The molecule has 0 saturated carbocycles. The van der Waals surface area contributed by atoms with E-state index in [9.17, 15) is 22.8 Å². The summed E-state index contributed by atoms with van der Waals surface area (Å²) in [7, 11) is 1.41. The summed E-state index contributed by atoms with van der Waals surface area (Å²) >= 11 is 0. The van der Waals surface area contributed by atoms with Crippen molar-refractivity contribution in [2.24, 2.45) is 0 Å². The molecule has 0 aromatic heterocycles. The molecule has 1 N–H and O–H groups in total. The van der Waals surface area contributed by atoms with Gasteiger partial charge in [-0.2, -0.15) is 13.2 Å². The van der Waals surface area contributed by atoms with E-state index in [4.69, 9.17) is 9.47 Å². The number of ether oxygens (including phenoxy) is 2. The number of rotatable bonds is 5. The Morgan fingerprint density at radius 2 is 1.59 bits per heavy atom. The number of halogens is 3. The van der Waals surface area contributed by atoms with Crippen LogP contribution in [0.2, 0.25) is 0 Å². The molecule has 1 amide bonds. The number of methoxy groups -OCH3 is 1. The summed E-state index contributed by atoms with van der Waals surface area (Å²) in [5.41, 5.74) is -0.513. The number of nitrogens with one attached hydrogen (secondary N) is 1. The minimum absolute atomic E-state index is 0.155. The predicted octanol–water partition coefficient (Wildman–Crippen LogP) is 4.66. The zero-order valence-electron chi connectivity index (χ0n) is 15.2. The Labute approximate surface area is 164 Å². The van der Waals surface area contributed by atoms with Gasteiger partial charge in [-0.25, -0.2) is 4.79 Å². The Hall–Kier alpha value is -3.55. The summed E-state index contributed by atoms with van der Waals surface area (Å²) in [5, 5.41) is 4.05. The molecule has 0 aliphatic rings. The van der Waals surface area contributed by atoms with Gasteiger partial charge in [0.15, 0.2) is 6.61 Å². The standard InChI is InChI=1S/C21H16F3NO4/c1-28-18-11-14-5-3-2-4-13(14)10-17(18)20(27)29-12-19(26)25-16-8-6-15(7-9-16)21(22,23)24/h2-11H,12H2,1H3,(H,25,26). The summed E-state index contributed by atoms with van der Waals surface area (Å²) in [4.78, 5) is 24.3. The van der Waals surface area contributed by atoms with Gasteiger partial charge in [0.2, 0.25) is 0 Å². The normalized spacial score (nSPS) is 11.2. The first kappa shape index (κ1) is 20.2. The van der Waals surface area contributed by atoms with Gasteiger partial charge in [0.05, 0.1) is 12.7 Å². The van der Waals surface area contributed by atoms with E-state index in [0.717, 1.165) is 35.0 Å². The van der Waals surface area contributed by atoms with Crippen LogP contribution in [0.3, 0.4) is 0 Å². The lowest BCUT2D eigenvalue weighted by Crippen LogP contribution is -2.21. The zero-order chi connectivity index (χ0) is 21.0. The van der Waals surface area contributed by atoms with Gasteiger partial charge in [-0.15, -0.1) is 0 Å². The van der Waals surface area contributed by atoms with Crippen molar-refractivity contribution in [1.82, 2.24) is 0 Å². The van der Waals surface area contributed by atoms with E-state index < -0.39 is 30.2 Å². The maximum Gasteiger partial charge on any atom is 0.416 e. The number of alkyl halides is 3.